The van der Waals surface area contributed by atoms with E-state index in [1.165, 1.54) is 24.0 Å². The molecule has 0 saturated heterocycles. The van der Waals surface area contributed by atoms with E-state index in [9.17, 15) is 0 Å². The molecule has 0 amide bonds. The number of rotatable bonds is 5. The number of nitrogens with one attached hydrogen (secondary N) is 1. The van der Waals surface area contributed by atoms with Gasteiger partial charge in [-0.1, -0.05) is 24.3 Å². The molecule has 0 fully saturated rings. The van der Waals surface area contributed by atoms with Gasteiger partial charge in [-0.05, 0) is 44.9 Å². The number of nitrogens with zero attached hydrogens (tertiary/aromatic N) is 3. The number of fused-ring (bicyclic) bond motifs is 1. The van der Waals surface area contributed by atoms with Crippen molar-refractivity contribution in [3.05, 3.63) is 47.5 Å². The topological polar surface area (TPSA) is 42.7 Å². The van der Waals surface area contributed by atoms with E-state index in [1.807, 2.05) is 4.68 Å². The van der Waals surface area contributed by atoms with Crippen LogP contribution < -0.4 is 5.32 Å². The van der Waals surface area contributed by atoms with Crippen molar-refractivity contribution in [1.82, 2.24) is 20.1 Å². The Morgan fingerprint density at radius 3 is 2.90 bits per heavy atom. The van der Waals surface area contributed by atoms with Crippen molar-refractivity contribution in [2.75, 3.05) is 7.05 Å². The molecular weight excluding hydrogens is 260 g/mol. The van der Waals surface area contributed by atoms with Gasteiger partial charge in [-0.15, -0.1) is 0 Å². The van der Waals surface area contributed by atoms with E-state index in [0.717, 1.165) is 12.2 Å². The summed E-state index contributed by atoms with van der Waals surface area (Å²) < 4.78 is 2.03. The third-order valence-corrected chi connectivity index (χ3v) is 4.57. The number of aromatic nitrogens is 3. The zero-order valence-corrected chi connectivity index (χ0v) is 13.1. The normalized spacial score (nSPS) is 19.0. The molecule has 112 valence electrons. The first-order valence-corrected chi connectivity index (χ1v) is 7.84. The molecule has 0 spiro atoms. The molecule has 0 saturated carbocycles. The predicted molar refractivity (Wildman–Crippen MR) is 84.5 cm³/mol. The lowest BCUT2D eigenvalue weighted by Crippen LogP contribution is -2.34. The molecule has 1 aromatic carbocycles. The first kappa shape index (κ1) is 14.3. The van der Waals surface area contributed by atoms with Gasteiger partial charge in [-0.2, -0.15) is 5.10 Å². The van der Waals surface area contributed by atoms with Crippen molar-refractivity contribution < 1.29 is 0 Å². The van der Waals surface area contributed by atoms with Crippen LogP contribution in [0.15, 0.2) is 30.6 Å². The molecule has 4 nitrogen and oxygen atoms in total. The Morgan fingerprint density at radius 2 is 2.14 bits per heavy atom. The highest BCUT2D eigenvalue weighted by molar-refractivity contribution is 5.36. The van der Waals surface area contributed by atoms with E-state index in [0.29, 0.717) is 18.0 Å². The highest BCUT2D eigenvalue weighted by atomic mass is 15.3. The average molecular weight is 284 g/mol. The van der Waals surface area contributed by atoms with E-state index in [-0.39, 0.29) is 0 Å². The van der Waals surface area contributed by atoms with Crippen molar-refractivity contribution in [2.45, 2.75) is 51.1 Å². The summed E-state index contributed by atoms with van der Waals surface area (Å²) in [6.07, 6.45) is 5.01. The van der Waals surface area contributed by atoms with Gasteiger partial charge in [0.05, 0.1) is 0 Å². The molecule has 3 rings (SSSR count). The van der Waals surface area contributed by atoms with Gasteiger partial charge < -0.3 is 5.32 Å². The maximum atomic E-state index is 4.46. The van der Waals surface area contributed by atoms with E-state index in [1.54, 1.807) is 6.33 Å². The molecule has 0 aliphatic heterocycles. The second kappa shape index (κ2) is 5.98. The van der Waals surface area contributed by atoms with Crippen LogP contribution in [0.1, 0.15) is 49.2 Å². The van der Waals surface area contributed by atoms with Gasteiger partial charge in [-0.3, -0.25) is 0 Å². The Bertz CT molecular complexity index is 602. The SMILES string of the molecule is CNC(Cc1ncnn1C(C)C)C1CCc2ccccc21. The summed E-state index contributed by atoms with van der Waals surface area (Å²) in [7, 11) is 2.06. The summed E-state index contributed by atoms with van der Waals surface area (Å²) in [5, 5.41) is 7.86. The Labute approximate surface area is 126 Å². The summed E-state index contributed by atoms with van der Waals surface area (Å²) in [6, 6.07) is 9.61. The van der Waals surface area contributed by atoms with Crippen molar-refractivity contribution in [1.29, 1.82) is 0 Å². The molecule has 2 aromatic rings. The van der Waals surface area contributed by atoms with Crippen LogP contribution >= 0.6 is 0 Å². The fraction of sp³-hybridized carbons (Fsp3) is 0.529. The second-order valence-electron chi connectivity index (χ2n) is 6.16. The zero-order valence-electron chi connectivity index (χ0n) is 13.1. The Kier molecular flexibility index (Phi) is 4.06. The quantitative estimate of drug-likeness (QED) is 0.918. The largest absolute Gasteiger partial charge is 0.316 e. The minimum atomic E-state index is 0.357. The number of benzene rings is 1. The van der Waals surface area contributed by atoms with Crippen LogP contribution in [0.4, 0.5) is 0 Å². The summed E-state index contributed by atoms with van der Waals surface area (Å²) in [5.74, 6) is 1.65. The lowest BCUT2D eigenvalue weighted by molar-refractivity contribution is 0.423. The smallest absolute Gasteiger partial charge is 0.138 e. The summed E-state index contributed by atoms with van der Waals surface area (Å²) >= 11 is 0. The lowest BCUT2D eigenvalue weighted by atomic mass is 9.91. The molecule has 1 heterocycles. The number of likely N-dealkylation sites (N-methyl/N-ethyl adjacent to an activating group) is 1. The average Bonchev–Trinajstić information content (AvgIpc) is 3.11. The highest BCUT2D eigenvalue weighted by Gasteiger charge is 2.29. The van der Waals surface area contributed by atoms with Crippen LogP contribution in [0, 0.1) is 0 Å². The maximum absolute atomic E-state index is 4.46. The van der Waals surface area contributed by atoms with Gasteiger partial charge in [0.15, 0.2) is 0 Å². The molecule has 1 aliphatic carbocycles. The molecule has 4 heteroatoms. The van der Waals surface area contributed by atoms with Crippen LogP contribution in [0.25, 0.3) is 0 Å². The van der Waals surface area contributed by atoms with Gasteiger partial charge in [0.25, 0.3) is 0 Å². The van der Waals surface area contributed by atoms with E-state index >= 15 is 0 Å². The molecular formula is C17H24N4. The Morgan fingerprint density at radius 1 is 1.33 bits per heavy atom. The predicted octanol–water partition coefficient (Wildman–Crippen LogP) is 2.72. The summed E-state index contributed by atoms with van der Waals surface area (Å²) in [6.45, 7) is 4.30. The fourth-order valence-electron chi connectivity index (χ4n) is 3.50. The molecule has 0 radical (unpaired) electrons. The molecule has 1 aromatic heterocycles. The number of hydrogen-bond acceptors (Lipinski definition) is 3. The fourth-order valence-corrected chi connectivity index (χ4v) is 3.50. The molecule has 0 bridgehead atoms. The first-order valence-electron chi connectivity index (χ1n) is 7.84. The number of hydrogen-bond donors (Lipinski definition) is 1. The standard InChI is InChI=1S/C17H24N4/c1-12(2)21-17(19-11-20-21)10-16(18-3)15-9-8-13-6-4-5-7-14(13)15/h4-7,11-12,15-16,18H,8-10H2,1-3H3. The minimum absolute atomic E-state index is 0.357. The van der Waals surface area contributed by atoms with Gasteiger partial charge in [0.2, 0.25) is 0 Å². The van der Waals surface area contributed by atoms with E-state index in [2.05, 4.69) is 60.6 Å². The van der Waals surface area contributed by atoms with Gasteiger partial charge in [-0.25, -0.2) is 9.67 Å². The highest BCUT2D eigenvalue weighted by Crippen LogP contribution is 2.36. The van der Waals surface area contributed by atoms with Crippen molar-refractivity contribution in [2.24, 2.45) is 0 Å². The van der Waals surface area contributed by atoms with Crippen molar-refractivity contribution in [3.63, 3.8) is 0 Å². The minimum Gasteiger partial charge on any atom is -0.316 e. The lowest BCUT2D eigenvalue weighted by Gasteiger charge is -2.24. The van der Waals surface area contributed by atoms with Crippen molar-refractivity contribution in [3.8, 4) is 0 Å². The first-order chi connectivity index (χ1) is 10.2. The summed E-state index contributed by atoms with van der Waals surface area (Å²) in [5.41, 5.74) is 3.01. The molecule has 1 aliphatic rings. The van der Waals surface area contributed by atoms with E-state index < -0.39 is 0 Å². The van der Waals surface area contributed by atoms with Crippen LogP contribution in [-0.4, -0.2) is 27.9 Å². The van der Waals surface area contributed by atoms with Gasteiger partial charge in [0, 0.05) is 24.4 Å². The third kappa shape index (κ3) is 2.72. The van der Waals surface area contributed by atoms with Gasteiger partial charge in [0.1, 0.15) is 12.2 Å². The van der Waals surface area contributed by atoms with Crippen LogP contribution in [0.3, 0.4) is 0 Å². The maximum Gasteiger partial charge on any atom is 0.138 e. The van der Waals surface area contributed by atoms with E-state index in [4.69, 9.17) is 0 Å². The molecule has 2 atom stereocenters. The van der Waals surface area contributed by atoms with Crippen LogP contribution in [0.5, 0.6) is 0 Å². The Balaban J connectivity index is 1.82. The van der Waals surface area contributed by atoms with Crippen LogP contribution in [0.2, 0.25) is 0 Å². The van der Waals surface area contributed by atoms with Crippen molar-refractivity contribution >= 4 is 0 Å². The molecule has 1 N–H and O–H groups in total. The molecule has 21 heavy (non-hydrogen) atoms. The monoisotopic (exact) mass is 284 g/mol. The van der Waals surface area contributed by atoms with Crippen LogP contribution in [-0.2, 0) is 12.8 Å². The summed E-state index contributed by atoms with van der Waals surface area (Å²) in [4.78, 5) is 4.46. The van der Waals surface area contributed by atoms with Gasteiger partial charge >= 0.3 is 0 Å². The second-order valence-corrected chi connectivity index (χ2v) is 6.16. The molecule has 2 unspecified atom stereocenters. The Hall–Kier alpha value is -1.68. The third-order valence-electron chi connectivity index (χ3n) is 4.57. The zero-order chi connectivity index (χ0) is 14.8. The number of aryl methyl sites for hydroxylation is 1.